The van der Waals surface area contributed by atoms with Gasteiger partial charge in [0.25, 0.3) is 0 Å². The van der Waals surface area contributed by atoms with E-state index in [0.29, 0.717) is 0 Å². The van der Waals surface area contributed by atoms with Crippen LogP contribution in [0.3, 0.4) is 0 Å². The van der Waals surface area contributed by atoms with Crippen molar-refractivity contribution in [3.8, 4) is 22.4 Å². The maximum atomic E-state index is 9.10. The third-order valence-corrected chi connectivity index (χ3v) is 4.75. The van der Waals surface area contributed by atoms with Gasteiger partial charge in [-0.1, -0.05) is 84.9 Å². The predicted octanol–water partition coefficient (Wildman–Crippen LogP) is 4.52. The SMILES string of the molecule is Cn1c(-c2ccccc2)cnc1NCc1ccc(-c2ccccc2)cc1.O=C(O)C(=O)O. The Morgan fingerprint density at radius 2 is 1.28 bits per heavy atom. The molecule has 7 nitrogen and oxygen atoms in total. The van der Waals surface area contributed by atoms with Gasteiger partial charge >= 0.3 is 11.9 Å². The number of anilines is 1. The highest BCUT2D eigenvalue weighted by Gasteiger charge is 2.08. The minimum Gasteiger partial charge on any atom is -0.473 e. The largest absolute Gasteiger partial charge is 0.473 e. The summed E-state index contributed by atoms with van der Waals surface area (Å²) < 4.78 is 2.09. The van der Waals surface area contributed by atoms with Crippen molar-refractivity contribution >= 4 is 17.9 Å². The first-order valence-corrected chi connectivity index (χ1v) is 9.87. The molecule has 0 aliphatic carbocycles. The molecule has 32 heavy (non-hydrogen) atoms. The number of benzene rings is 3. The van der Waals surface area contributed by atoms with Crippen molar-refractivity contribution < 1.29 is 19.8 Å². The van der Waals surface area contributed by atoms with E-state index in [9.17, 15) is 0 Å². The summed E-state index contributed by atoms with van der Waals surface area (Å²) in [7, 11) is 2.04. The van der Waals surface area contributed by atoms with Gasteiger partial charge in [0, 0.05) is 13.6 Å². The van der Waals surface area contributed by atoms with Gasteiger partial charge in [0.15, 0.2) is 0 Å². The Morgan fingerprint density at radius 1 is 0.781 bits per heavy atom. The smallest absolute Gasteiger partial charge is 0.414 e. The summed E-state index contributed by atoms with van der Waals surface area (Å²) in [6.07, 6.45) is 1.91. The van der Waals surface area contributed by atoms with Gasteiger partial charge in [-0.25, -0.2) is 14.6 Å². The lowest BCUT2D eigenvalue weighted by Crippen LogP contribution is -2.09. The van der Waals surface area contributed by atoms with Crippen LogP contribution in [0.25, 0.3) is 22.4 Å². The Hall–Kier alpha value is -4.39. The number of rotatable bonds is 5. The fraction of sp³-hybridized carbons (Fsp3) is 0.0800. The molecule has 0 spiro atoms. The quantitative estimate of drug-likeness (QED) is 0.403. The zero-order valence-corrected chi connectivity index (χ0v) is 17.5. The molecule has 0 atom stereocenters. The lowest BCUT2D eigenvalue weighted by molar-refractivity contribution is -0.159. The fourth-order valence-electron chi connectivity index (χ4n) is 3.08. The van der Waals surface area contributed by atoms with E-state index in [0.717, 1.165) is 18.2 Å². The second kappa shape index (κ2) is 10.6. The molecule has 0 saturated carbocycles. The standard InChI is InChI=1S/C23H21N3.C2H2O4/c1-26-22(21-10-6-3-7-11-21)17-25-23(26)24-16-18-12-14-20(15-13-18)19-8-4-2-5-9-19;3-1(4)2(5)6/h2-15,17H,16H2,1H3,(H,24,25);(H,3,4)(H,5,6). The molecule has 0 aliphatic rings. The van der Waals surface area contributed by atoms with Crippen LogP contribution in [-0.2, 0) is 23.2 Å². The zero-order chi connectivity index (χ0) is 22.9. The highest BCUT2D eigenvalue weighted by atomic mass is 16.4. The van der Waals surface area contributed by atoms with Crippen molar-refractivity contribution in [2.24, 2.45) is 7.05 Å². The molecule has 3 aromatic carbocycles. The molecule has 7 heteroatoms. The van der Waals surface area contributed by atoms with E-state index >= 15 is 0 Å². The number of aliphatic carboxylic acids is 2. The summed E-state index contributed by atoms with van der Waals surface area (Å²) in [6.45, 7) is 0.744. The van der Waals surface area contributed by atoms with Gasteiger partial charge in [0.2, 0.25) is 5.95 Å². The van der Waals surface area contributed by atoms with Crippen molar-refractivity contribution in [1.82, 2.24) is 9.55 Å². The molecule has 0 amide bonds. The van der Waals surface area contributed by atoms with Gasteiger partial charge in [0.05, 0.1) is 11.9 Å². The van der Waals surface area contributed by atoms with Crippen LogP contribution in [0.1, 0.15) is 5.56 Å². The Labute approximate surface area is 185 Å². The third kappa shape index (κ3) is 5.82. The zero-order valence-electron chi connectivity index (χ0n) is 17.5. The summed E-state index contributed by atoms with van der Waals surface area (Å²) in [6, 6.07) is 29.4. The minimum absolute atomic E-state index is 0.744. The Balaban J connectivity index is 0.000000427. The van der Waals surface area contributed by atoms with E-state index in [-0.39, 0.29) is 0 Å². The Kier molecular flexibility index (Phi) is 7.37. The van der Waals surface area contributed by atoms with Gasteiger partial charge in [-0.05, 0) is 22.3 Å². The van der Waals surface area contributed by atoms with Crippen LogP contribution in [0.2, 0.25) is 0 Å². The van der Waals surface area contributed by atoms with Crippen molar-refractivity contribution in [3.05, 3.63) is 96.7 Å². The number of aromatic nitrogens is 2. The highest BCUT2D eigenvalue weighted by Crippen LogP contribution is 2.22. The van der Waals surface area contributed by atoms with Crippen LogP contribution in [-0.4, -0.2) is 31.7 Å². The van der Waals surface area contributed by atoms with E-state index in [4.69, 9.17) is 19.8 Å². The fourth-order valence-corrected chi connectivity index (χ4v) is 3.08. The van der Waals surface area contributed by atoms with Crippen LogP contribution in [0.15, 0.2) is 91.1 Å². The number of hydrogen-bond donors (Lipinski definition) is 3. The van der Waals surface area contributed by atoms with Crippen LogP contribution in [0.4, 0.5) is 5.95 Å². The molecule has 3 N–H and O–H groups in total. The molecule has 0 fully saturated rings. The second-order valence-electron chi connectivity index (χ2n) is 6.92. The van der Waals surface area contributed by atoms with Gasteiger partial charge in [0.1, 0.15) is 0 Å². The first-order valence-electron chi connectivity index (χ1n) is 9.87. The molecule has 0 aliphatic heterocycles. The lowest BCUT2D eigenvalue weighted by atomic mass is 10.0. The normalized spacial score (nSPS) is 10.0. The molecular formula is C25H23N3O4. The molecule has 4 rings (SSSR count). The number of carboxylic acids is 2. The summed E-state index contributed by atoms with van der Waals surface area (Å²) in [5.41, 5.74) is 5.98. The lowest BCUT2D eigenvalue weighted by Gasteiger charge is -2.09. The monoisotopic (exact) mass is 429 g/mol. The number of nitrogens with zero attached hydrogens (tertiary/aromatic N) is 2. The van der Waals surface area contributed by atoms with Gasteiger partial charge < -0.3 is 20.1 Å². The summed E-state index contributed by atoms with van der Waals surface area (Å²) in [4.78, 5) is 22.7. The molecule has 162 valence electrons. The molecule has 1 heterocycles. The molecular weight excluding hydrogens is 406 g/mol. The molecule has 1 aromatic heterocycles. The average Bonchev–Trinajstić information content (AvgIpc) is 3.19. The number of imidazole rings is 1. The summed E-state index contributed by atoms with van der Waals surface area (Å²) in [5, 5.41) is 18.2. The second-order valence-corrected chi connectivity index (χ2v) is 6.92. The van der Waals surface area contributed by atoms with Gasteiger partial charge in [-0.3, -0.25) is 0 Å². The highest BCUT2D eigenvalue weighted by molar-refractivity contribution is 6.27. The predicted molar refractivity (Wildman–Crippen MR) is 123 cm³/mol. The maximum absolute atomic E-state index is 9.10. The molecule has 0 radical (unpaired) electrons. The molecule has 0 bridgehead atoms. The number of nitrogens with one attached hydrogen (secondary N) is 1. The van der Waals surface area contributed by atoms with Gasteiger partial charge in [-0.15, -0.1) is 0 Å². The van der Waals surface area contributed by atoms with E-state index in [1.165, 1.54) is 22.3 Å². The van der Waals surface area contributed by atoms with Crippen molar-refractivity contribution in [1.29, 1.82) is 0 Å². The topological polar surface area (TPSA) is 104 Å². The van der Waals surface area contributed by atoms with E-state index in [1.54, 1.807) is 0 Å². The Bertz CT molecular complexity index is 1160. The third-order valence-electron chi connectivity index (χ3n) is 4.75. The maximum Gasteiger partial charge on any atom is 0.414 e. The van der Waals surface area contributed by atoms with Crippen molar-refractivity contribution in [2.75, 3.05) is 5.32 Å². The first-order chi connectivity index (χ1) is 15.5. The molecule has 0 unspecified atom stereocenters. The van der Waals surface area contributed by atoms with E-state index < -0.39 is 11.9 Å². The van der Waals surface area contributed by atoms with Gasteiger partial charge in [-0.2, -0.15) is 0 Å². The molecule has 0 saturated heterocycles. The number of hydrogen-bond acceptors (Lipinski definition) is 4. The summed E-state index contributed by atoms with van der Waals surface area (Å²) >= 11 is 0. The number of carbonyl (C=O) groups is 2. The van der Waals surface area contributed by atoms with Crippen LogP contribution in [0.5, 0.6) is 0 Å². The van der Waals surface area contributed by atoms with E-state index in [1.807, 2.05) is 37.5 Å². The summed E-state index contributed by atoms with van der Waals surface area (Å²) in [5.74, 6) is -2.78. The number of carboxylic acid groups (broad SMARTS) is 2. The molecule has 4 aromatic rings. The van der Waals surface area contributed by atoms with Crippen molar-refractivity contribution in [2.45, 2.75) is 6.54 Å². The van der Waals surface area contributed by atoms with E-state index in [2.05, 4.69) is 75.5 Å². The Morgan fingerprint density at radius 3 is 1.81 bits per heavy atom. The average molecular weight is 429 g/mol. The van der Waals surface area contributed by atoms with Crippen LogP contribution >= 0.6 is 0 Å². The van der Waals surface area contributed by atoms with Crippen LogP contribution < -0.4 is 5.32 Å². The first kappa shape index (κ1) is 22.3. The minimum atomic E-state index is -1.82. The van der Waals surface area contributed by atoms with Crippen LogP contribution in [0, 0.1) is 0 Å². The van der Waals surface area contributed by atoms with Crippen molar-refractivity contribution in [3.63, 3.8) is 0 Å².